The maximum Gasteiger partial charge on any atom is 0.299 e. The van der Waals surface area contributed by atoms with Crippen LogP contribution in [0.4, 0.5) is 0 Å². The van der Waals surface area contributed by atoms with Gasteiger partial charge in [0.2, 0.25) is 4.87 Å². The zero-order chi connectivity index (χ0) is 21.1. The van der Waals surface area contributed by atoms with Crippen molar-refractivity contribution in [2.75, 3.05) is 0 Å². The Labute approximate surface area is 172 Å². The van der Waals surface area contributed by atoms with Gasteiger partial charge in [-0.3, -0.25) is 9.11 Å². The summed E-state index contributed by atoms with van der Waals surface area (Å²) in [5.74, 6) is 0. The summed E-state index contributed by atoms with van der Waals surface area (Å²) in [6.07, 6.45) is 7.94. The maximum absolute atomic E-state index is 12.2. The zero-order valence-corrected chi connectivity index (χ0v) is 17.1. The SMILES string of the molecule is O=S(=O)(O)c1ccc(C=CC2(N=C=S)C=CC=CC2(N=C=S)S(=O)(=O)O)cc1. The number of benzene rings is 1. The number of allylic oxidation sites excluding steroid dienone is 2. The second-order valence-electron chi connectivity index (χ2n) is 5.50. The average molecular weight is 457 g/mol. The van der Waals surface area contributed by atoms with Gasteiger partial charge in [-0.25, -0.2) is 4.99 Å². The van der Waals surface area contributed by atoms with E-state index in [-0.39, 0.29) is 4.90 Å². The number of thiocarbonyl (C=S) groups is 2. The van der Waals surface area contributed by atoms with Crippen molar-refractivity contribution in [2.24, 2.45) is 9.98 Å². The van der Waals surface area contributed by atoms with E-state index >= 15 is 0 Å². The third-order valence-corrected chi connectivity index (χ3v) is 6.29. The predicted molar refractivity (Wildman–Crippen MR) is 111 cm³/mol. The highest BCUT2D eigenvalue weighted by Gasteiger charge is 2.58. The topological polar surface area (TPSA) is 133 Å². The maximum atomic E-state index is 12.2. The number of aliphatic imine (C=N–C) groups is 2. The molecule has 0 spiro atoms. The smallest absolute Gasteiger partial charge is 0.283 e. The molecule has 2 N–H and O–H groups in total. The monoisotopic (exact) mass is 456 g/mol. The lowest BCUT2D eigenvalue weighted by molar-refractivity contribution is 0.411. The van der Waals surface area contributed by atoms with Crippen LogP contribution in [0.5, 0.6) is 0 Å². The molecular weight excluding hydrogens is 444 g/mol. The molecule has 146 valence electrons. The molecule has 0 aromatic heterocycles. The van der Waals surface area contributed by atoms with Gasteiger partial charge in [-0.1, -0.05) is 30.4 Å². The van der Waals surface area contributed by atoms with Crippen LogP contribution in [0.25, 0.3) is 6.08 Å². The Kier molecular flexibility index (Phi) is 6.39. The van der Waals surface area contributed by atoms with Gasteiger partial charge in [0.05, 0.1) is 15.2 Å². The molecule has 0 fully saturated rings. The summed E-state index contributed by atoms with van der Waals surface area (Å²) in [5.41, 5.74) is -1.39. The van der Waals surface area contributed by atoms with Gasteiger partial charge >= 0.3 is 0 Å². The Morgan fingerprint density at radius 2 is 1.50 bits per heavy atom. The Hall–Kier alpha value is -2.14. The largest absolute Gasteiger partial charge is 0.299 e. The standard InChI is InChI=1S/C16H12N2O6S4/c19-27(20,21)14-5-3-13(4-6-14)7-10-15(17-11-25)8-1-2-9-16(15,18-12-26)28(22,23)24/h1-10H,(H,19,20,21)(H,22,23,24). The van der Waals surface area contributed by atoms with Crippen LogP contribution in [0.1, 0.15) is 5.56 Å². The molecule has 12 heteroatoms. The molecule has 1 aromatic rings. The molecule has 0 radical (unpaired) electrons. The van der Waals surface area contributed by atoms with Crippen LogP contribution in [0.2, 0.25) is 0 Å². The zero-order valence-electron chi connectivity index (χ0n) is 13.8. The molecule has 0 saturated heterocycles. The van der Waals surface area contributed by atoms with E-state index in [4.69, 9.17) is 4.55 Å². The van der Waals surface area contributed by atoms with Crippen LogP contribution >= 0.6 is 24.4 Å². The first kappa shape index (κ1) is 22.2. The van der Waals surface area contributed by atoms with Crippen molar-refractivity contribution in [3.05, 3.63) is 60.2 Å². The van der Waals surface area contributed by atoms with Crippen molar-refractivity contribution in [3.8, 4) is 0 Å². The molecule has 0 bridgehead atoms. The van der Waals surface area contributed by atoms with Gasteiger partial charge in [0.25, 0.3) is 20.2 Å². The van der Waals surface area contributed by atoms with Crippen molar-refractivity contribution in [2.45, 2.75) is 15.3 Å². The number of nitrogens with zero attached hydrogens (tertiary/aromatic N) is 2. The summed E-state index contributed by atoms with van der Waals surface area (Å²) >= 11 is 9.18. The summed E-state index contributed by atoms with van der Waals surface area (Å²) in [5, 5.41) is 4.05. The van der Waals surface area contributed by atoms with Crippen molar-refractivity contribution < 1.29 is 25.9 Å². The molecule has 1 aliphatic carbocycles. The molecule has 0 saturated carbocycles. The van der Waals surface area contributed by atoms with Crippen molar-refractivity contribution in [3.63, 3.8) is 0 Å². The van der Waals surface area contributed by atoms with Gasteiger partial charge in [0, 0.05) is 0 Å². The van der Waals surface area contributed by atoms with Gasteiger partial charge in [0.1, 0.15) is 0 Å². The second kappa shape index (κ2) is 8.08. The Bertz CT molecular complexity index is 1170. The van der Waals surface area contributed by atoms with Crippen molar-refractivity contribution in [1.82, 2.24) is 0 Å². The minimum Gasteiger partial charge on any atom is -0.283 e. The van der Waals surface area contributed by atoms with Gasteiger partial charge in [-0.05, 0) is 60.4 Å². The van der Waals surface area contributed by atoms with Crippen molar-refractivity contribution in [1.29, 1.82) is 0 Å². The first-order valence-electron chi connectivity index (χ1n) is 7.30. The van der Waals surface area contributed by atoms with Gasteiger partial charge in [0.15, 0.2) is 5.54 Å². The molecule has 0 heterocycles. The van der Waals surface area contributed by atoms with Gasteiger partial charge in [-0.2, -0.15) is 21.8 Å². The highest BCUT2D eigenvalue weighted by atomic mass is 32.2. The molecule has 2 rings (SSSR count). The average Bonchev–Trinajstić information content (AvgIpc) is 2.61. The summed E-state index contributed by atoms with van der Waals surface area (Å²) in [6, 6.07) is 5.06. The molecule has 8 nitrogen and oxygen atoms in total. The first-order chi connectivity index (χ1) is 13.0. The van der Waals surface area contributed by atoms with E-state index in [1.54, 1.807) is 0 Å². The molecule has 1 aliphatic rings. The molecule has 0 aliphatic heterocycles. The molecule has 1 aromatic carbocycles. The molecule has 2 atom stereocenters. The van der Waals surface area contributed by atoms with Crippen LogP contribution in [0, 0.1) is 0 Å². The van der Waals surface area contributed by atoms with Crippen LogP contribution in [-0.4, -0.2) is 46.7 Å². The van der Waals surface area contributed by atoms with Crippen LogP contribution < -0.4 is 0 Å². The third-order valence-electron chi connectivity index (χ3n) is 3.90. The van der Waals surface area contributed by atoms with E-state index in [2.05, 4.69) is 39.6 Å². The fourth-order valence-corrected chi connectivity index (χ4v) is 4.40. The van der Waals surface area contributed by atoms with Crippen LogP contribution in [-0.2, 0) is 20.2 Å². The van der Waals surface area contributed by atoms with E-state index in [1.165, 1.54) is 42.5 Å². The minimum absolute atomic E-state index is 0.311. The lowest BCUT2D eigenvalue weighted by atomic mass is 9.85. The number of hydrogen-bond acceptors (Lipinski definition) is 8. The third kappa shape index (κ3) is 4.14. The summed E-state index contributed by atoms with van der Waals surface area (Å²) in [4.78, 5) is 4.91. The Balaban J connectivity index is 2.66. The lowest BCUT2D eigenvalue weighted by Crippen LogP contribution is -2.54. The van der Waals surface area contributed by atoms with E-state index in [9.17, 15) is 21.4 Å². The lowest BCUT2D eigenvalue weighted by Gasteiger charge is -2.37. The van der Waals surface area contributed by atoms with Crippen LogP contribution in [0.15, 0.2) is 69.5 Å². The number of isothiocyanates is 2. The molecule has 0 amide bonds. The summed E-state index contributed by atoms with van der Waals surface area (Å²) in [6.45, 7) is 0. The fraction of sp³-hybridized carbons (Fsp3) is 0.125. The normalized spacial score (nSPS) is 24.5. The van der Waals surface area contributed by atoms with E-state index < -0.39 is 30.6 Å². The van der Waals surface area contributed by atoms with E-state index in [0.29, 0.717) is 5.56 Å². The minimum atomic E-state index is -4.89. The Morgan fingerprint density at radius 3 is 2.00 bits per heavy atom. The van der Waals surface area contributed by atoms with Crippen molar-refractivity contribution >= 4 is 61.1 Å². The highest BCUT2D eigenvalue weighted by molar-refractivity contribution is 7.87. The van der Waals surface area contributed by atoms with Gasteiger partial charge < -0.3 is 0 Å². The quantitative estimate of drug-likeness (QED) is 0.379. The Morgan fingerprint density at radius 1 is 0.929 bits per heavy atom. The number of hydrogen-bond donors (Lipinski definition) is 2. The van der Waals surface area contributed by atoms with E-state index in [1.807, 2.05) is 5.16 Å². The van der Waals surface area contributed by atoms with E-state index in [0.717, 1.165) is 18.2 Å². The molecular formula is C16H12N2O6S4. The summed E-state index contributed by atoms with van der Waals surface area (Å²) < 4.78 is 65.5. The second-order valence-corrected chi connectivity index (χ2v) is 8.86. The van der Waals surface area contributed by atoms with Crippen LogP contribution in [0.3, 0.4) is 0 Å². The predicted octanol–water partition coefficient (Wildman–Crippen LogP) is 2.60. The molecule has 28 heavy (non-hydrogen) atoms. The summed E-state index contributed by atoms with van der Waals surface area (Å²) in [7, 11) is -9.24. The highest BCUT2D eigenvalue weighted by Crippen LogP contribution is 2.41. The fourth-order valence-electron chi connectivity index (χ4n) is 2.57. The first-order valence-corrected chi connectivity index (χ1v) is 11.0. The molecule has 2 unspecified atom stereocenters. The van der Waals surface area contributed by atoms with Gasteiger partial charge in [-0.15, -0.1) is 0 Å². The number of rotatable bonds is 6.